The largest absolute Gasteiger partial charge is 0.493 e. The zero-order valence-electron chi connectivity index (χ0n) is 42.1. The van der Waals surface area contributed by atoms with Crippen LogP contribution in [0, 0.1) is 30.2 Å². The van der Waals surface area contributed by atoms with E-state index >= 15 is 0 Å². The van der Waals surface area contributed by atoms with Gasteiger partial charge in [-0.2, -0.15) is 13.2 Å². The normalized spacial score (nSPS) is 18.5. The summed E-state index contributed by atoms with van der Waals surface area (Å²) in [7, 11) is 0. The molecule has 6 rings (SSSR count). The van der Waals surface area contributed by atoms with Crippen molar-refractivity contribution >= 4 is 51.9 Å². The van der Waals surface area contributed by atoms with Crippen LogP contribution in [0.2, 0.25) is 0 Å². The van der Waals surface area contributed by atoms with Crippen LogP contribution in [0.15, 0.2) is 72.2 Å². The molecule has 2 amide bonds. The summed E-state index contributed by atoms with van der Waals surface area (Å²) >= 11 is 7.29. The van der Waals surface area contributed by atoms with Gasteiger partial charge in [0.2, 0.25) is 5.91 Å². The lowest BCUT2D eigenvalue weighted by Crippen LogP contribution is -2.55. The summed E-state index contributed by atoms with van der Waals surface area (Å²) in [5.74, 6) is 2.46. The highest BCUT2D eigenvalue weighted by molar-refractivity contribution is 7.81. The average molecular weight is 1040 g/mol. The first-order valence-corrected chi connectivity index (χ1v) is 25.5. The first kappa shape index (κ1) is 56.1. The number of carbonyl (C=O) groups excluding carboxylic acids is 2. The van der Waals surface area contributed by atoms with E-state index in [1.54, 1.807) is 54.3 Å². The summed E-state index contributed by atoms with van der Waals surface area (Å²) in [5.41, 5.74) is 7.95. The Labute approximate surface area is 430 Å². The average Bonchev–Trinajstić information content (AvgIpc) is 3.97. The molecule has 1 aromatic heterocycles. The van der Waals surface area contributed by atoms with Gasteiger partial charge in [-0.1, -0.05) is 52.0 Å². The molecule has 4 aromatic rings. The molecule has 2 aliphatic heterocycles. The Morgan fingerprint density at radius 1 is 1.00 bits per heavy atom. The molecule has 72 heavy (non-hydrogen) atoms. The molecule has 19 heteroatoms. The SMILES string of the molecule is Cc1ncsc1-c1ccc(CNC(O)[C@@H]2C[C@@H](C)CN2C[C@@H](NC(=O)COCCCOCCC(O)CCOc2ccc(N3C(=S)N(c4ccc(C#CN)c(C(F)(F)F)c4)C(=O)C3(C)C)cc2)C(C)(C)C)cc1. The van der Waals surface area contributed by atoms with Crippen molar-refractivity contribution in [2.24, 2.45) is 17.1 Å². The zero-order valence-corrected chi connectivity index (χ0v) is 43.7. The fourth-order valence-electron chi connectivity index (χ4n) is 8.87. The molecule has 0 aliphatic carbocycles. The van der Waals surface area contributed by atoms with Crippen LogP contribution in [-0.2, 0) is 31.8 Å². The predicted molar refractivity (Wildman–Crippen MR) is 278 cm³/mol. The van der Waals surface area contributed by atoms with Gasteiger partial charge in [0.25, 0.3) is 5.91 Å². The van der Waals surface area contributed by atoms with E-state index in [-0.39, 0.29) is 53.0 Å². The minimum absolute atomic E-state index is 0.0107. The number of aryl methyl sites for hydroxylation is 1. The maximum absolute atomic E-state index is 13.9. The molecule has 390 valence electrons. The van der Waals surface area contributed by atoms with E-state index in [0.717, 1.165) is 51.7 Å². The monoisotopic (exact) mass is 1040 g/mol. The lowest BCUT2D eigenvalue weighted by Gasteiger charge is -2.38. The number of anilines is 2. The van der Waals surface area contributed by atoms with Crippen LogP contribution >= 0.6 is 23.6 Å². The smallest absolute Gasteiger partial charge is 0.417 e. The second-order valence-corrected chi connectivity index (χ2v) is 21.3. The highest BCUT2D eigenvalue weighted by Gasteiger charge is 2.51. The molecule has 2 fully saturated rings. The van der Waals surface area contributed by atoms with E-state index in [2.05, 4.69) is 78.4 Å². The van der Waals surface area contributed by atoms with E-state index in [4.69, 9.17) is 32.2 Å². The summed E-state index contributed by atoms with van der Waals surface area (Å²) in [6.07, 6.45) is -3.99. The third-order valence-corrected chi connectivity index (χ3v) is 14.3. The molecule has 3 aromatic carbocycles. The zero-order chi connectivity index (χ0) is 52.4. The van der Waals surface area contributed by atoms with E-state index in [9.17, 15) is 33.0 Å². The summed E-state index contributed by atoms with van der Waals surface area (Å²) < 4.78 is 59.0. The Morgan fingerprint density at radius 3 is 2.33 bits per heavy atom. The van der Waals surface area contributed by atoms with Gasteiger partial charge in [0, 0.05) is 75.3 Å². The van der Waals surface area contributed by atoms with Gasteiger partial charge in [-0.25, -0.2) is 4.98 Å². The summed E-state index contributed by atoms with van der Waals surface area (Å²) in [6.45, 7) is 16.9. The molecular formula is C53H68F3N7O7S2. The Morgan fingerprint density at radius 2 is 1.68 bits per heavy atom. The number of benzene rings is 3. The number of thiocarbonyl (C=S) groups is 1. The van der Waals surface area contributed by atoms with Gasteiger partial charge >= 0.3 is 6.18 Å². The number of amides is 2. The van der Waals surface area contributed by atoms with Gasteiger partial charge in [-0.15, -0.1) is 11.3 Å². The Hall–Kier alpha value is -5.17. The number of alkyl halides is 3. The van der Waals surface area contributed by atoms with E-state index in [1.165, 1.54) is 6.07 Å². The molecule has 2 aliphatic rings. The number of likely N-dealkylation sites (tertiary alicyclic amines) is 1. The van der Waals surface area contributed by atoms with Crippen molar-refractivity contribution in [3.05, 3.63) is 94.6 Å². The number of nitrogens with zero attached hydrogens (tertiary/aromatic N) is 4. The van der Waals surface area contributed by atoms with Crippen LogP contribution in [-0.4, -0.2) is 113 Å². The summed E-state index contributed by atoms with van der Waals surface area (Å²) in [6, 6.07) is 20.2. The van der Waals surface area contributed by atoms with Crippen molar-refractivity contribution in [1.82, 2.24) is 20.5 Å². The van der Waals surface area contributed by atoms with Crippen LogP contribution < -0.4 is 30.9 Å². The number of thiazole rings is 1. The standard InChI is InChI=1S/C53H68F3N7O7S2/c1-34-27-44(48(66)58-29-36-9-11-38(12-10-36)47-35(2)59-33-72-47)61(30-34)31-45(51(3,4)5)60-46(65)32-69-24-8-23-68-25-20-41(64)21-26-70-42-17-15-39(16-18-42)63-50(71)62(49(67)52(63,6)7)40-14-13-37(19-22-57)43(28-40)53(54,55)56/h9-18,28,33-34,41,44-45,48,58,64,66H,8,20-21,23-27,29-32,57H2,1-7H3,(H,60,65)/t34-,41?,44+,45-,48?/m1/s1. The highest BCUT2D eigenvalue weighted by Crippen LogP contribution is 2.40. The molecule has 5 atom stereocenters. The van der Waals surface area contributed by atoms with Crippen molar-refractivity contribution in [2.75, 3.05) is 55.9 Å². The fraction of sp³-hybridized carbons (Fsp3) is 0.509. The maximum atomic E-state index is 13.9. The Balaban J connectivity index is 0.855. The summed E-state index contributed by atoms with van der Waals surface area (Å²) in [4.78, 5) is 37.2. The van der Waals surface area contributed by atoms with Crippen LogP contribution in [0.3, 0.4) is 0 Å². The van der Waals surface area contributed by atoms with Gasteiger partial charge in [-0.3, -0.25) is 24.7 Å². The van der Waals surface area contributed by atoms with Crippen molar-refractivity contribution < 1.29 is 47.2 Å². The van der Waals surface area contributed by atoms with Gasteiger partial charge in [0.15, 0.2) is 5.11 Å². The molecule has 2 unspecified atom stereocenters. The van der Waals surface area contributed by atoms with Crippen LogP contribution in [0.4, 0.5) is 24.5 Å². The quantitative estimate of drug-likeness (QED) is 0.0162. The lowest BCUT2D eigenvalue weighted by molar-refractivity contribution is -0.137. The van der Waals surface area contributed by atoms with Gasteiger partial charge in [0.05, 0.1) is 40.0 Å². The number of carbonyl (C=O) groups is 2. The number of rotatable bonds is 23. The van der Waals surface area contributed by atoms with E-state index in [0.29, 0.717) is 69.5 Å². The number of hydrogen-bond acceptors (Lipinski definition) is 13. The first-order chi connectivity index (χ1) is 34.1. The second-order valence-electron chi connectivity index (χ2n) is 20.0. The Bertz CT molecular complexity index is 2530. The molecule has 0 spiro atoms. The van der Waals surface area contributed by atoms with Gasteiger partial charge in [-0.05, 0) is 123 Å². The molecular weight excluding hydrogens is 968 g/mol. The number of halogens is 3. The Kier molecular flexibility index (Phi) is 19.3. The number of nitrogens with one attached hydrogen (secondary N) is 2. The van der Waals surface area contributed by atoms with Crippen molar-refractivity contribution in [2.45, 2.75) is 117 Å². The van der Waals surface area contributed by atoms with Crippen LogP contribution in [0.1, 0.15) is 89.6 Å². The number of nitrogens with two attached hydrogens (primary N) is 1. The van der Waals surface area contributed by atoms with E-state index in [1.807, 2.05) is 18.5 Å². The third-order valence-electron chi connectivity index (χ3n) is 13.0. The fourth-order valence-corrected chi connectivity index (χ4v) is 10.2. The molecule has 3 heterocycles. The molecule has 0 radical (unpaired) electrons. The van der Waals surface area contributed by atoms with Crippen LogP contribution in [0.25, 0.3) is 10.4 Å². The maximum Gasteiger partial charge on any atom is 0.417 e. The van der Waals surface area contributed by atoms with Crippen LogP contribution in [0.5, 0.6) is 5.75 Å². The number of ether oxygens (including phenoxy) is 3. The molecule has 0 bridgehead atoms. The number of aliphatic hydroxyl groups is 2. The van der Waals surface area contributed by atoms with Gasteiger partial charge < -0.3 is 40.4 Å². The van der Waals surface area contributed by atoms with E-state index < -0.39 is 35.5 Å². The second kappa shape index (κ2) is 24.7. The van der Waals surface area contributed by atoms with Crippen molar-refractivity contribution in [1.29, 1.82) is 0 Å². The van der Waals surface area contributed by atoms with Crippen molar-refractivity contribution in [3.8, 4) is 28.2 Å². The van der Waals surface area contributed by atoms with Crippen molar-refractivity contribution in [3.63, 3.8) is 0 Å². The first-order valence-electron chi connectivity index (χ1n) is 24.2. The molecule has 2 saturated heterocycles. The number of aromatic nitrogens is 1. The highest BCUT2D eigenvalue weighted by atomic mass is 32.1. The topological polar surface area (TPSA) is 175 Å². The third kappa shape index (κ3) is 14.5. The number of hydrogen-bond donors (Lipinski definition) is 5. The van der Waals surface area contributed by atoms with Gasteiger partial charge in [0.1, 0.15) is 24.1 Å². The minimum atomic E-state index is -4.74. The molecule has 14 nitrogen and oxygen atoms in total. The lowest BCUT2D eigenvalue weighted by atomic mass is 9.86. The predicted octanol–water partition coefficient (Wildman–Crippen LogP) is 7.61. The minimum Gasteiger partial charge on any atom is -0.493 e. The molecule has 0 saturated carbocycles. The summed E-state index contributed by atoms with van der Waals surface area (Å²) in [5, 5.41) is 28.4. The molecule has 6 N–H and O–H groups in total. The number of aliphatic hydroxyl groups excluding tert-OH is 2.